The Kier molecular flexibility index (Phi) is 7.34. The van der Waals surface area contributed by atoms with Crippen molar-refractivity contribution in [2.45, 2.75) is 46.7 Å². The fourth-order valence-corrected chi connectivity index (χ4v) is 1.74. The van der Waals surface area contributed by atoms with E-state index in [-0.39, 0.29) is 11.8 Å². The third kappa shape index (κ3) is 6.08. The summed E-state index contributed by atoms with van der Waals surface area (Å²) in [4.78, 5) is 13.2. The van der Waals surface area contributed by atoms with Crippen molar-refractivity contribution in [3.63, 3.8) is 0 Å². The van der Waals surface area contributed by atoms with Crippen molar-refractivity contribution in [3.8, 4) is 0 Å². The highest BCUT2D eigenvalue weighted by atomic mass is 16.1. The molecule has 0 aliphatic heterocycles. The van der Waals surface area contributed by atoms with Gasteiger partial charge in [0, 0.05) is 37.6 Å². The summed E-state index contributed by atoms with van der Waals surface area (Å²) < 4.78 is 0. The molecule has 0 heterocycles. The maximum Gasteiger partial charge on any atom is 0.221 e. The molecule has 4 nitrogen and oxygen atoms in total. The Bertz CT molecular complexity index is 196. The summed E-state index contributed by atoms with van der Waals surface area (Å²) in [6.07, 6.45) is 0. The first-order valence-corrected chi connectivity index (χ1v) is 6.12. The predicted octanol–water partition coefficient (Wildman–Crippen LogP) is 0.816. The zero-order valence-corrected chi connectivity index (χ0v) is 11.3. The third-order valence-corrected chi connectivity index (χ3v) is 2.81. The lowest BCUT2D eigenvalue weighted by molar-refractivity contribution is -0.121. The van der Waals surface area contributed by atoms with Crippen molar-refractivity contribution >= 4 is 5.91 Å². The molecule has 96 valence electrons. The smallest absolute Gasteiger partial charge is 0.221 e. The Morgan fingerprint density at radius 2 is 1.69 bits per heavy atom. The number of carbonyl (C=O) groups is 1. The quantitative estimate of drug-likeness (QED) is 0.606. The molecule has 0 fully saturated rings. The minimum atomic E-state index is -0.239. The van der Waals surface area contributed by atoms with Crippen LogP contribution in [0.1, 0.15) is 34.6 Å². The molecule has 0 rings (SSSR count). The van der Waals surface area contributed by atoms with E-state index in [0.717, 1.165) is 13.1 Å². The number of hydrogen-bond donors (Lipinski definition) is 2. The first-order valence-electron chi connectivity index (χ1n) is 6.12. The summed E-state index contributed by atoms with van der Waals surface area (Å²) in [6, 6.07) is 1.10. The lowest BCUT2D eigenvalue weighted by Crippen LogP contribution is -2.42. The van der Waals surface area contributed by atoms with Crippen LogP contribution < -0.4 is 11.1 Å². The average Bonchev–Trinajstić information content (AvgIpc) is 2.15. The number of nitrogens with two attached hydrogens (primary N) is 1. The van der Waals surface area contributed by atoms with Gasteiger partial charge in [0.2, 0.25) is 5.91 Å². The highest BCUT2D eigenvalue weighted by molar-refractivity contribution is 5.76. The van der Waals surface area contributed by atoms with E-state index in [1.807, 2.05) is 6.92 Å². The van der Waals surface area contributed by atoms with Crippen molar-refractivity contribution < 1.29 is 4.79 Å². The van der Waals surface area contributed by atoms with E-state index in [1.165, 1.54) is 0 Å². The molecule has 0 aromatic heterocycles. The fourth-order valence-electron chi connectivity index (χ4n) is 1.74. The van der Waals surface area contributed by atoms with Gasteiger partial charge in [-0.15, -0.1) is 0 Å². The lowest BCUT2D eigenvalue weighted by atomic mass is 10.2. The number of amides is 1. The van der Waals surface area contributed by atoms with E-state index < -0.39 is 0 Å². The molecule has 0 saturated carbocycles. The molecule has 0 radical (unpaired) electrons. The van der Waals surface area contributed by atoms with Gasteiger partial charge in [-0.25, -0.2) is 0 Å². The van der Waals surface area contributed by atoms with Gasteiger partial charge in [0.05, 0.1) is 0 Å². The van der Waals surface area contributed by atoms with Gasteiger partial charge in [-0.1, -0.05) is 6.92 Å². The second kappa shape index (κ2) is 7.63. The van der Waals surface area contributed by atoms with Crippen molar-refractivity contribution in [1.29, 1.82) is 0 Å². The Balaban J connectivity index is 3.75. The first kappa shape index (κ1) is 15.4. The first-order chi connectivity index (χ1) is 7.36. The van der Waals surface area contributed by atoms with Crippen molar-refractivity contribution in [3.05, 3.63) is 0 Å². The van der Waals surface area contributed by atoms with Crippen molar-refractivity contribution in [2.24, 2.45) is 11.7 Å². The number of nitrogens with zero attached hydrogens (tertiary/aromatic N) is 1. The molecule has 3 N–H and O–H groups in total. The van der Waals surface area contributed by atoms with E-state index in [2.05, 4.69) is 37.9 Å². The summed E-state index contributed by atoms with van der Waals surface area (Å²) in [7, 11) is 0. The largest absolute Gasteiger partial charge is 0.369 e. The van der Waals surface area contributed by atoms with Crippen LogP contribution in [0.4, 0.5) is 0 Å². The molecule has 0 bridgehead atoms. The van der Waals surface area contributed by atoms with E-state index in [4.69, 9.17) is 5.73 Å². The number of rotatable bonds is 8. The van der Waals surface area contributed by atoms with Gasteiger partial charge in [-0.3, -0.25) is 9.69 Å². The molecule has 1 atom stereocenters. The summed E-state index contributed by atoms with van der Waals surface area (Å²) in [5.74, 6) is -0.330. The molecule has 0 spiro atoms. The van der Waals surface area contributed by atoms with Crippen LogP contribution in [-0.4, -0.2) is 42.5 Å². The van der Waals surface area contributed by atoms with Gasteiger partial charge in [0.1, 0.15) is 0 Å². The number of nitrogens with one attached hydrogen (secondary N) is 1. The van der Waals surface area contributed by atoms with Crippen molar-refractivity contribution in [2.75, 3.05) is 19.6 Å². The maximum absolute atomic E-state index is 10.8. The van der Waals surface area contributed by atoms with Gasteiger partial charge in [0.15, 0.2) is 0 Å². The van der Waals surface area contributed by atoms with Crippen LogP contribution in [-0.2, 0) is 4.79 Å². The summed E-state index contributed by atoms with van der Waals surface area (Å²) >= 11 is 0. The van der Waals surface area contributed by atoms with Crippen LogP contribution in [0.5, 0.6) is 0 Å². The number of hydrogen-bond acceptors (Lipinski definition) is 3. The highest BCUT2D eigenvalue weighted by Crippen LogP contribution is 2.03. The standard InChI is InChI=1S/C12H27N3O/c1-9(2)15(10(3)4)7-6-14-8-11(5)12(13)16/h9-11,14H,6-8H2,1-5H3,(H2,13,16). The lowest BCUT2D eigenvalue weighted by Gasteiger charge is -2.30. The van der Waals surface area contributed by atoms with E-state index in [0.29, 0.717) is 18.6 Å². The minimum Gasteiger partial charge on any atom is -0.369 e. The van der Waals surface area contributed by atoms with E-state index in [1.54, 1.807) is 0 Å². The molecule has 16 heavy (non-hydrogen) atoms. The summed E-state index contributed by atoms with van der Waals surface area (Å²) in [5.41, 5.74) is 5.19. The Labute approximate surface area is 99.6 Å². The number of carbonyl (C=O) groups excluding carboxylic acids is 1. The third-order valence-electron chi connectivity index (χ3n) is 2.81. The molecule has 1 amide bonds. The molecule has 1 unspecified atom stereocenters. The molecule has 0 aromatic rings. The van der Waals surface area contributed by atoms with Crippen LogP contribution in [0.15, 0.2) is 0 Å². The Morgan fingerprint density at radius 3 is 2.06 bits per heavy atom. The van der Waals surface area contributed by atoms with Crippen LogP contribution in [0, 0.1) is 5.92 Å². The van der Waals surface area contributed by atoms with Crippen LogP contribution in [0.3, 0.4) is 0 Å². The van der Waals surface area contributed by atoms with E-state index >= 15 is 0 Å². The average molecular weight is 229 g/mol. The molecule has 0 aliphatic rings. The van der Waals surface area contributed by atoms with Crippen LogP contribution in [0.25, 0.3) is 0 Å². The van der Waals surface area contributed by atoms with Crippen molar-refractivity contribution in [1.82, 2.24) is 10.2 Å². The fraction of sp³-hybridized carbons (Fsp3) is 0.917. The normalized spacial score (nSPS) is 13.8. The maximum atomic E-state index is 10.8. The Hall–Kier alpha value is -0.610. The van der Waals surface area contributed by atoms with Gasteiger partial charge < -0.3 is 11.1 Å². The monoisotopic (exact) mass is 229 g/mol. The topological polar surface area (TPSA) is 58.4 Å². The minimum absolute atomic E-state index is 0.0912. The van der Waals surface area contributed by atoms with E-state index in [9.17, 15) is 4.79 Å². The van der Waals surface area contributed by atoms with Gasteiger partial charge in [-0.2, -0.15) is 0 Å². The predicted molar refractivity (Wildman–Crippen MR) is 68.2 cm³/mol. The second-order valence-corrected chi connectivity index (χ2v) is 4.93. The molecular weight excluding hydrogens is 202 g/mol. The summed E-state index contributed by atoms with van der Waals surface area (Å²) in [6.45, 7) is 13.2. The van der Waals surface area contributed by atoms with Gasteiger partial charge in [0.25, 0.3) is 0 Å². The molecule has 0 aromatic carbocycles. The van der Waals surface area contributed by atoms with Crippen LogP contribution >= 0.6 is 0 Å². The Morgan fingerprint density at radius 1 is 1.19 bits per heavy atom. The molecule has 4 heteroatoms. The van der Waals surface area contributed by atoms with Crippen LogP contribution in [0.2, 0.25) is 0 Å². The second-order valence-electron chi connectivity index (χ2n) is 4.93. The molecular formula is C12H27N3O. The zero-order chi connectivity index (χ0) is 12.7. The number of primary amides is 1. The SMILES string of the molecule is CC(CNCCN(C(C)C)C(C)C)C(N)=O. The van der Waals surface area contributed by atoms with Gasteiger partial charge in [-0.05, 0) is 27.7 Å². The highest BCUT2D eigenvalue weighted by Gasteiger charge is 2.13. The zero-order valence-electron chi connectivity index (χ0n) is 11.3. The molecule has 0 saturated heterocycles. The van der Waals surface area contributed by atoms with Gasteiger partial charge >= 0.3 is 0 Å². The molecule has 0 aliphatic carbocycles. The summed E-state index contributed by atoms with van der Waals surface area (Å²) in [5, 5.41) is 3.26.